The number of nitrogens with one attached hydrogen (secondary N) is 1. The summed E-state index contributed by atoms with van der Waals surface area (Å²) in [4.78, 5) is 0. The van der Waals surface area contributed by atoms with Crippen LogP contribution in [0, 0.1) is 0 Å². The van der Waals surface area contributed by atoms with Gasteiger partial charge in [-0.05, 0) is 13.1 Å². The average molecular weight is 223 g/mol. The number of furan rings is 1. The van der Waals surface area contributed by atoms with E-state index in [1.165, 1.54) is 6.26 Å². The van der Waals surface area contributed by atoms with Crippen molar-refractivity contribution < 1.29 is 22.3 Å². The summed E-state index contributed by atoms with van der Waals surface area (Å²) >= 11 is 0. The third-order valence-corrected chi connectivity index (χ3v) is 1.70. The van der Waals surface area contributed by atoms with Gasteiger partial charge < -0.3 is 14.5 Å². The van der Waals surface area contributed by atoms with Gasteiger partial charge in [-0.15, -0.1) is 0 Å². The van der Waals surface area contributed by atoms with Gasteiger partial charge >= 0.3 is 6.18 Å². The molecule has 0 saturated carbocycles. The minimum Gasteiger partial charge on any atom is -0.468 e. The summed E-state index contributed by atoms with van der Waals surface area (Å²) in [5, 5.41) is 2.85. The maximum absolute atomic E-state index is 11.8. The summed E-state index contributed by atoms with van der Waals surface area (Å²) in [5.74, 6) is 0.597. The molecule has 0 bridgehead atoms. The number of halogens is 3. The molecule has 1 aromatic heterocycles. The second-order valence-electron chi connectivity index (χ2n) is 3.01. The summed E-state index contributed by atoms with van der Waals surface area (Å²) in [6.07, 6.45) is -2.86. The quantitative estimate of drug-likeness (QED) is 0.829. The molecule has 0 aliphatic rings. The number of hydrogen-bond donors (Lipinski definition) is 1. The summed E-state index contributed by atoms with van der Waals surface area (Å²) in [6.45, 7) is -0.859. The van der Waals surface area contributed by atoms with Crippen LogP contribution in [0.4, 0.5) is 13.2 Å². The lowest BCUT2D eigenvalue weighted by molar-refractivity contribution is -0.176. The Kier molecular flexibility index (Phi) is 4.16. The molecule has 0 amide bonds. The van der Waals surface area contributed by atoms with Gasteiger partial charge in [0.15, 0.2) is 0 Å². The standard InChI is InChI=1S/C9H12F3NO2/c1-13-4-8-7(2-3-15-8)5-14-6-9(10,11)12/h2-3,13H,4-6H2,1H3. The van der Waals surface area contributed by atoms with Crippen LogP contribution < -0.4 is 5.32 Å². The van der Waals surface area contributed by atoms with Crippen LogP contribution in [0.1, 0.15) is 11.3 Å². The van der Waals surface area contributed by atoms with Gasteiger partial charge in [-0.2, -0.15) is 13.2 Å². The number of ether oxygens (including phenoxy) is 1. The van der Waals surface area contributed by atoms with Gasteiger partial charge in [0.25, 0.3) is 0 Å². The van der Waals surface area contributed by atoms with Gasteiger partial charge in [-0.25, -0.2) is 0 Å². The smallest absolute Gasteiger partial charge is 0.411 e. The highest BCUT2D eigenvalue weighted by molar-refractivity contribution is 5.15. The van der Waals surface area contributed by atoms with Crippen molar-refractivity contribution in [3.8, 4) is 0 Å². The summed E-state index contributed by atoms with van der Waals surface area (Å²) < 4.78 is 44.9. The van der Waals surface area contributed by atoms with Crippen LogP contribution in [-0.4, -0.2) is 19.8 Å². The van der Waals surface area contributed by atoms with Crippen LogP contribution in [0.15, 0.2) is 16.7 Å². The Labute approximate surface area is 85.2 Å². The van der Waals surface area contributed by atoms with Crippen molar-refractivity contribution in [1.29, 1.82) is 0 Å². The highest BCUT2D eigenvalue weighted by Gasteiger charge is 2.27. The summed E-state index contributed by atoms with van der Waals surface area (Å²) in [6, 6.07) is 1.60. The molecule has 1 rings (SSSR count). The van der Waals surface area contributed by atoms with Crippen LogP contribution in [-0.2, 0) is 17.9 Å². The van der Waals surface area contributed by atoms with Crippen LogP contribution in [0.2, 0.25) is 0 Å². The van der Waals surface area contributed by atoms with Crippen molar-refractivity contribution in [2.24, 2.45) is 0 Å². The van der Waals surface area contributed by atoms with Gasteiger partial charge in [0.1, 0.15) is 12.4 Å². The molecule has 0 radical (unpaired) electrons. The SMILES string of the molecule is CNCc1occc1COCC(F)(F)F. The van der Waals surface area contributed by atoms with Crippen molar-refractivity contribution in [1.82, 2.24) is 5.32 Å². The van der Waals surface area contributed by atoms with E-state index in [1.54, 1.807) is 13.1 Å². The largest absolute Gasteiger partial charge is 0.468 e. The first-order chi connectivity index (χ1) is 7.03. The molecular formula is C9H12F3NO2. The van der Waals surface area contributed by atoms with Gasteiger partial charge in [0, 0.05) is 5.56 Å². The number of rotatable bonds is 5. The van der Waals surface area contributed by atoms with E-state index < -0.39 is 12.8 Å². The molecule has 15 heavy (non-hydrogen) atoms. The fourth-order valence-corrected chi connectivity index (χ4v) is 1.09. The molecule has 0 fully saturated rings. The predicted octanol–water partition coefficient (Wildman–Crippen LogP) is 2.08. The molecule has 86 valence electrons. The van der Waals surface area contributed by atoms with Gasteiger partial charge in [0.2, 0.25) is 0 Å². The van der Waals surface area contributed by atoms with E-state index in [0.29, 0.717) is 17.9 Å². The predicted molar refractivity (Wildman–Crippen MR) is 47.2 cm³/mol. The molecule has 0 unspecified atom stereocenters. The Balaban J connectivity index is 2.40. The molecule has 0 spiro atoms. The van der Waals surface area contributed by atoms with Crippen molar-refractivity contribution >= 4 is 0 Å². The van der Waals surface area contributed by atoms with Crippen molar-refractivity contribution in [3.63, 3.8) is 0 Å². The first kappa shape index (κ1) is 12.1. The second-order valence-corrected chi connectivity index (χ2v) is 3.01. The maximum atomic E-state index is 11.8. The first-order valence-corrected chi connectivity index (χ1v) is 4.37. The Hall–Kier alpha value is -1.01. The molecule has 1 N–H and O–H groups in total. The lowest BCUT2D eigenvalue weighted by atomic mass is 10.2. The maximum Gasteiger partial charge on any atom is 0.411 e. The van der Waals surface area contributed by atoms with E-state index in [-0.39, 0.29) is 6.61 Å². The van der Waals surface area contributed by atoms with Crippen LogP contribution >= 0.6 is 0 Å². The van der Waals surface area contributed by atoms with Crippen molar-refractivity contribution in [2.75, 3.05) is 13.7 Å². The van der Waals surface area contributed by atoms with E-state index >= 15 is 0 Å². The lowest BCUT2D eigenvalue weighted by Crippen LogP contribution is -2.17. The fourth-order valence-electron chi connectivity index (χ4n) is 1.09. The molecule has 0 aliphatic carbocycles. The molecule has 0 aromatic carbocycles. The van der Waals surface area contributed by atoms with E-state index in [4.69, 9.17) is 4.42 Å². The van der Waals surface area contributed by atoms with E-state index in [0.717, 1.165) is 0 Å². The van der Waals surface area contributed by atoms with Gasteiger partial charge in [-0.1, -0.05) is 0 Å². The van der Waals surface area contributed by atoms with E-state index in [2.05, 4.69) is 10.1 Å². The molecule has 1 heterocycles. The zero-order valence-corrected chi connectivity index (χ0v) is 8.23. The topological polar surface area (TPSA) is 34.4 Å². The third-order valence-electron chi connectivity index (χ3n) is 1.70. The van der Waals surface area contributed by atoms with Crippen molar-refractivity contribution in [2.45, 2.75) is 19.3 Å². The van der Waals surface area contributed by atoms with Crippen LogP contribution in [0.25, 0.3) is 0 Å². The normalized spacial score (nSPS) is 12.0. The summed E-state index contributed by atoms with van der Waals surface area (Å²) in [5.41, 5.74) is 0.633. The van der Waals surface area contributed by atoms with Crippen molar-refractivity contribution in [3.05, 3.63) is 23.7 Å². The van der Waals surface area contributed by atoms with E-state index in [1.807, 2.05) is 0 Å². The lowest BCUT2D eigenvalue weighted by Gasteiger charge is -2.07. The molecule has 0 saturated heterocycles. The number of alkyl halides is 3. The Morgan fingerprint density at radius 3 is 2.80 bits per heavy atom. The molecule has 6 heteroatoms. The summed E-state index contributed by atoms with van der Waals surface area (Å²) in [7, 11) is 1.73. The average Bonchev–Trinajstić information content (AvgIpc) is 2.51. The Bertz CT molecular complexity index is 296. The molecule has 3 nitrogen and oxygen atoms in total. The second kappa shape index (κ2) is 5.18. The van der Waals surface area contributed by atoms with E-state index in [9.17, 15) is 13.2 Å². The monoisotopic (exact) mass is 223 g/mol. The van der Waals surface area contributed by atoms with Crippen LogP contribution in [0.3, 0.4) is 0 Å². The minimum atomic E-state index is -4.28. The molecule has 0 aliphatic heterocycles. The fraction of sp³-hybridized carbons (Fsp3) is 0.556. The molecule has 0 atom stereocenters. The van der Waals surface area contributed by atoms with Gasteiger partial charge in [-0.3, -0.25) is 0 Å². The highest BCUT2D eigenvalue weighted by Crippen LogP contribution is 2.17. The van der Waals surface area contributed by atoms with Gasteiger partial charge in [0.05, 0.1) is 19.4 Å². The number of hydrogen-bond acceptors (Lipinski definition) is 3. The zero-order valence-electron chi connectivity index (χ0n) is 8.23. The molecule has 1 aromatic rings. The zero-order chi connectivity index (χ0) is 11.3. The third kappa shape index (κ3) is 4.35. The van der Waals surface area contributed by atoms with Crippen LogP contribution in [0.5, 0.6) is 0 Å². The first-order valence-electron chi connectivity index (χ1n) is 4.37. The minimum absolute atomic E-state index is 0.0903. The Morgan fingerprint density at radius 1 is 1.47 bits per heavy atom. The highest BCUT2D eigenvalue weighted by atomic mass is 19.4. The Morgan fingerprint density at radius 2 is 2.20 bits per heavy atom. The molecular weight excluding hydrogens is 211 g/mol.